The predicted octanol–water partition coefficient (Wildman–Crippen LogP) is 5.04. The Kier molecular flexibility index (Phi) is 7.46. The second kappa shape index (κ2) is 10.7. The second-order valence-corrected chi connectivity index (χ2v) is 9.01. The van der Waals surface area contributed by atoms with Crippen LogP contribution in [0.3, 0.4) is 0 Å². The lowest BCUT2D eigenvalue weighted by Gasteiger charge is -2.18. The van der Waals surface area contributed by atoms with Crippen molar-refractivity contribution < 1.29 is 19.1 Å². The average molecular weight is 494 g/mol. The predicted molar refractivity (Wildman–Crippen MR) is 137 cm³/mol. The number of nitrogens with one attached hydrogen (secondary N) is 2. The molecule has 0 radical (unpaired) electrons. The first-order valence-electron chi connectivity index (χ1n) is 11.3. The molecule has 1 heterocycles. The van der Waals surface area contributed by atoms with Crippen LogP contribution in [-0.2, 0) is 16.2 Å². The van der Waals surface area contributed by atoms with Gasteiger partial charge in [0.2, 0.25) is 11.8 Å². The van der Waals surface area contributed by atoms with E-state index in [4.69, 9.17) is 21.1 Å². The lowest BCUT2D eigenvalue weighted by Crippen LogP contribution is -2.36. The van der Waals surface area contributed by atoms with Crippen molar-refractivity contribution in [3.05, 3.63) is 82.4 Å². The number of hydrogen-bond donors (Lipinski definition) is 2. The molecule has 1 atom stereocenters. The topological polar surface area (TPSA) is 79.9 Å². The number of anilines is 2. The lowest BCUT2D eigenvalue weighted by molar-refractivity contribution is -0.125. The molecule has 2 amide bonds. The Balaban J connectivity index is 1.33. The van der Waals surface area contributed by atoms with Gasteiger partial charge in [0.15, 0.2) is 11.5 Å². The standard InChI is InChI=1S/C27H28ClN3O4/c1-17-4-10-23(12-18(17)2)31-15-20(13-26(31)32)27(33)30-29-22-9-11-24(25(14-22)34-3)35-16-19-5-7-21(28)8-6-19/h4-12,14,20,29H,13,15-16H2,1-3H3,(H,30,33)/t20-/m0/s1. The van der Waals surface area contributed by atoms with Gasteiger partial charge in [0.1, 0.15) is 6.61 Å². The number of hydrogen-bond acceptors (Lipinski definition) is 5. The number of nitrogens with zero attached hydrogens (tertiary/aromatic N) is 1. The van der Waals surface area contributed by atoms with Crippen LogP contribution in [0.2, 0.25) is 5.02 Å². The molecular weight excluding hydrogens is 466 g/mol. The summed E-state index contributed by atoms with van der Waals surface area (Å²) >= 11 is 5.92. The van der Waals surface area contributed by atoms with Gasteiger partial charge in [0, 0.05) is 29.7 Å². The molecule has 35 heavy (non-hydrogen) atoms. The average Bonchev–Trinajstić information content (AvgIpc) is 3.25. The van der Waals surface area contributed by atoms with E-state index >= 15 is 0 Å². The number of ether oxygens (including phenoxy) is 2. The van der Waals surface area contributed by atoms with Crippen LogP contribution in [0.25, 0.3) is 0 Å². The van der Waals surface area contributed by atoms with Crippen LogP contribution >= 0.6 is 11.6 Å². The number of aryl methyl sites for hydroxylation is 2. The van der Waals surface area contributed by atoms with Gasteiger partial charge in [-0.25, -0.2) is 0 Å². The van der Waals surface area contributed by atoms with Crippen LogP contribution in [0.1, 0.15) is 23.1 Å². The molecule has 0 saturated carbocycles. The van der Waals surface area contributed by atoms with Gasteiger partial charge in [-0.1, -0.05) is 29.8 Å². The molecule has 4 rings (SSSR count). The van der Waals surface area contributed by atoms with Crippen molar-refractivity contribution >= 4 is 34.8 Å². The van der Waals surface area contributed by atoms with Crippen molar-refractivity contribution in [1.29, 1.82) is 0 Å². The molecule has 1 fully saturated rings. The van der Waals surface area contributed by atoms with E-state index in [1.807, 2.05) is 56.3 Å². The molecule has 3 aromatic rings. The zero-order chi connectivity index (χ0) is 24.9. The molecule has 1 aliphatic rings. The Bertz CT molecular complexity index is 1230. The maximum Gasteiger partial charge on any atom is 0.243 e. The lowest BCUT2D eigenvalue weighted by atomic mass is 10.1. The normalized spacial score (nSPS) is 15.1. The van der Waals surface area contributed by atoms with Gasteiger partial charge in [0.05, 0.1) is 18.7 Å². The molecule has 182 valence electrons. The fourth-order valence-electron chi connectivity index (χ4n) is 3.87. The molecule has 0 aliphatic carbocycles. The molecule has 8 heteroatoms. The van der Waals surface area contributed by atoms with Gasteiger partial charge >= 0.3 is 0 Å². The maximum absolute atomic E-state index is 12.7. The minimum absolute atomic E-state index is 0.0581. The Labute approximate surface area is 210 Å². The summed E-state index contributed by atoms with van der Waals surface area (Å²) in [6.07, 6.45) is 0.168. The monoisotopic (exact) mass is 493 g/mol. The Morgan fingerprint density at radius 3 is 2.51 bits per heavy atom. The van der Waals surface area contributed by atoms with E-state index < -0.39 is 5.92 Å². The van der Waals surface area contributed by atoms with E-state index in [1.54, 1.807) is 30.2 Å². The molecular formula is C27H28ClN3O4. The molecule has 0 bridgehead atoms. The van der Waals surface area contributed by atoms with Crippen LogP contribution in [0.5, 0.6) is 11.5 Å². The number of amides is 2. The molecule has 1 aliphatic heterocycles. The third kappa shape index (κ3) is 5.87. The summed E-state index contributed by atoms with van der Waals surface area (Å²) in [5.41, 5.74) is 10.3. The number of methoxy groups -OCH3 is 1. The highest BCUT2D eigenvalue weighted by Gasteiger charge is 2.35. The van der Waals surface area contributed by atoms with Crippen molar-refractivity contribution in [3.8, 4) is 11.5 Å². The van der Waals surface area contributed by atoms with E-state index in [0.717, 1.165) is 22.4 Å². The Hall–Kier alpha value is -3.71. The summed E-state index contributed by atoms with van der Waals surface area (Å²) in [5, 5.41) is 0.670. The number of halogens is 1. The number of benzene rings is 3. The smallest absolute Gasteiger partial charge is 0.243 e. The summed E-state index contributed by atoms with van der Waals surface area (Å²) in [6.45, 7) is 4.75. The largest absolute Gasteiger partial charge is 0.493 e. The first-order valence-corrected chi connectivity index (χ1v) is 11.7. The number of rotatable bonds is 8. The van der Waals surface area contributed by atoms with Gasteiger partial charge in [-0.2, -0.15) is 0 Å². The van der Waals surface area contributed by atoms with Crippen molar-refractivity contribution in [1.82, 2.24) is 5.43 Å². The van der Waals surface area contributed by atoms with Crippen LogP contribution < -0.4 is 25.2 Å². The summed E-state index contributed by atoms with van der Waals surface area (Å²) in [4.78, 5) is 27.0. The van der Waals surface area contributed by atoms with E-state index in [2.05, 4.69) is 10.9 Å². The molecule has 0 spiro atoms. The van der Waals surface area contributed by atoms with Crippen molar-refractivity contribution in [3.63, 3.8) is 0 Å². The third-order valence-electron chi connectivity index (χ3n) is 6.10. The van der Waals surface area contributed by atoms with Gasteiger partial charge in [-0.3, -0.25) is 20.4 Å². The summed E-state index contributed by atoms with van der Waals surface area (Å²) in [7, 11) is 1.55. The fraction of sp³-hybridized carbons (Fsp3) is 0.259. The first kappa shape index (κ1) is 24.4. The van der Waals surface area contributed by atoms with Gasteiger partial charge < -0.3 is 14.4 Å². The van der Waals surface area contributed by atoms with Crippen LogP contribution in [0, 0.1) is 19.8 Å². The highest BCUT2D eigenvalue weighted by Crippen LogP contribution is 2.31. The highest BCUT2D eigenvalue weighted by molar-refractivity contribution is 6.30. The van der Waals surface area contributed by atoms with E-state index in [-0.39, 0.29) is 18.2 Å². The first-order chi connectivity index (χ1) is 16.8. The number of hydrazine groups is 1. The SMILES string of the molecule is COc1cc(NNC(=O)[C@H]2CC(=O)N(c3ccc(C)c(C)c3)C2)ccc1OCc1ccc(Cl)cc1. The summed E-state index contributed by atoms with van der Waals surface area (Å²) in [5.74, 6) is 0.351. The van der Waals surface area contributed by atoms with Crippen LogP contribution in [0.15, 0.2) is 60.7 Å². The van der Waals surface area contributed by atoms with Crippen LogP contribution in [-0.4, -0.2) is 25.5 Å². The van der Waals surface area contributed by atoms with Crippen molar-refractivity contribution in [2.75, 3.05) is 24.0 Å². The molecule has 3 aromatic carbocycles. The van der Waals surface area contributed by atoms with Gasteiger partial charge in [-0.05, 0) is 66.9 Å². The van der Waals surface area contributed by atoms with Crippen molar-refractivity contribution in [2.24, 2.45) is 5.92 Å². The Morgan fingerprint density at radius 2 is 1.80 bits per heavy atom. The second-order valence-electron chi connectivity index (χ2n) is 8.57. The van der Waals surface area contributed by atoms with E-state index in [1.165, 1.54) is 0 Å². The van der Waals surface area contributed by atoms with Crippen molar-refractivity contribution in [2.45, 2.75) is 26.9 Å². The zero-order valence-electron chi connectivity index (χ0n) is 19.9. The van der Waals surface area contributed by atoms with Gasteiger partial charge in [-0.15, -0.1) is 0 Å². The highest BCUT2D eigenvalue weighted by atomic mass is 35.5. The Morgan fingerprint density at radius 1 is 1.03 bits per heavy atom. The van der Waals surface area contributed by atoms with Gasteiger partial charge in [0.25, 0.3) is 0 Å². The van der Waals surface area contributed by atoms with E-state index in [0.29, 0.717) is 35.4 Å². The number of carbonyl (C=O) groups is 2. The third-order valence-corrected chi connectivity index (χ3v) is 6.35. The fourth-order valence-corrected chi connectivity index (χ4v) is 3.99. The zero-order valence-corrected chi connectivity index (χ0v) is 20.7. The molecule has 0 unspecified atom stereocenters. The minimum atomic E-state index is -0.444. The molecule has 7 nitrogen and oxygen atoms in total. The van der Waals surface area contributed by atoms with Crippen LogP contribution in [0.4, 0.5) is 11.4 Å². The summed E-state index contributed by atoms with van der Waals surface area (Å²) < 4.78 is 11.3. The molecule has 2 N–H and O–H groups in total. The quantitative estimate of drug-likeness (QED) is 0.430. The molecule has 0 aromatic heterocycles. The summed E-state index contributed by atoms with van der Waals surface area (Å²) in [6, 6.07) is 18.6. The number of carbonyl (C=O) groups excluding carboxylic acids is 2. The molecule has 1 saturated heterocycles. The minimum Gasteiger partial charge on any atom is -0.493 e. The van der Waals surface area contributed by atoms with E-state index in [9.17, 15) is 9.59 Å². The maximum atomic E-state index is 12.7.